The van der Waals surface area contributed by atoms with Crippen molar-refractivity contribution in [3.8, 4) is 0 Å². The molecule has 6 nitrogen and oxygen atoms in total. The number of carbonyl (C=O) groups excluding carboxylic acids is 1. The van der Waals surface area contributed by atoms with E-state index in [9.17, 15) is 14.7 Å². The molecule has 1 N–H and O–H groups in total. The third kappa shape index (κ3) is 1.99. The van der Waals surface area contributed by atoms with Crippen molar-refractivity contribution in [1.82, 2.24) is 5.16 Å². The van der Waals surface area contributed by atoms with Crippen LogP contribution in [0.2, 0.25) is 0 Å². The van der Waals surface area contributed by atoms with Gasteiger partial charge in [-0.1, -0.05) is 23.4 Å². The fourth-order valence-corrected chi connectivity index (χ4v) is 2.90. The van der Waals surface area contributed by atoms with Crippen molar-refractivity contribution >= 4 is 17.6 Å². The fourth-order valence-electron chi connectivity index (χ4n) is 2.90. The summed E-state index contributed by atoms with van der Waals surface area (Å²) >= 11 is 0. The number of fused-ring (bicyclic) bond motifs is 1. The number of hydrogen-bond donors (Lipinski definition) is 1. The average Bonchev–Trinajstić information content (AvgIpc) is 3.12. The normalized spacial score (nSPS) is 20.0. The number of aliphatic carboxylic acids is 1. The molecule has 1 saturated carbocycles. The van der Waals surface area contributed by atoms with Gasteiger partial charge in [-0.25, -0.2) is 0 Å². The smallest absolute Gasteiger partial charge is 0.312 e. The maximum absolute atomic E-state index is 12.6. The van der Waals surface area contributed by atoms with Crippen LogP contribution in [0.1, 0.15) is 46.5 Å². The number of hydrogen-bond acceptors (Lipinski definition) is 4. The zero-order valence-electron chi connectivity index (χ0n) is 11.7. The second-order valence-corrected chi connectivity index (χ2v) is 5.76. The number of nitrogens with zero attached hydrogens (tertiary/aromatic N) is 2. The van der Waals surface area contributed by atoms with E-state index in [0.717, 1.165) is 18.5 Å². The van der Waals surface area contributed by atoms with E-state index in [-0.39, 0.29) is 18.2 Å². The lowest BCUT2D eigenvalue weighted by Crippen LogP contribution is -2.31. The van der Waals surface area contributed by atoms with Crippen LogP contribution in [0.5, 0.6) is 0 Å². The van der Waals surface area contributed by atoms with Crippen LogP contribution in [0.25, 0.3) is 0 Å². The van der Waals surface area contributed by atoms with E-state index >= 15 is 0 Å². The van der Waals surface area contributed by atoms with Crippen LogP contribution in [0.4, 0.5) is 5.69 Å². The lowest BCUT2D eigenvalue weighted by Gasteiger charge is -2.15. The number of rotatable bonds is 3. The Morgan fingerprint density at radius 3 is 2.77 bits per heavy atom. The molecular formula is C16H14N2O4. The summed E-state index contributed by atoms with van der Waals surface area (Å²) in [5.74, 6) is -1.40. The van der Waals surface area contributed by atoms with Gasteiger partial charge in [-0.05, 0) is 24.5 Å². The van der Waals surface area contributed by atoms with Crippen LogP contribution >= 0.6 is 0 Å². The van der Waals surface area contributed by atoms with Gasteiger partial charge in [0.05, 0.1) is 5.69 Å². The molecule has 2 aliphatic rings. The summed E-state index contributed by atoms with van der Waals surface area (Å²) in [6.45, 7) is 0.118. The number of carboxylic acid groups (broad SMARTS) is 1. The van der Waals surface area contributed by atoms with E-state index in [1.165, 1.54) is 4.90 Å². The van der Waals surface area contributed by atoms with E-state index in [1.807, 2.05) is 0 Å². The van der Waals surface area contributed by atoms with Crippen molar-refractivity contribution in [2.24, 2.45) is 0 Å². The number of amides is 1. The number of carbonyl (C=O) groups is 2. The third-order valence-corrected chi connectivity index (χ3v) is 4.25. The standard InChI is InChI=1S/C16H14N2O4/c19-15(14-7-12(17-22-14)9-5-6-9)18-8-11(16(20)21)10-3-1-2-4-13(10)18/h1-4,7,9,11H,5-6,8H2,(H,20,21). The maximum Gasteiger partial charge on any atom is 0.312 e. The summed E-state index contributed by atoms with van der Waals surface area (Å²) in [6, 6.07) is 8.75. The molecule has 0 spiro atoms. The summed E-state index contributed by atoms with van der Waals surface area (Å²) in [5, 5.41) is 13.3. The number of aromatic nitrogens is 1. The number of carboxylic acids is 1. The van der Waals surface area contributed by atoms with Gasteiger partial charge in [-0.3, -0.25) is 9.59 Å². The molecule has 1 aliphatic heterocycles. The highest BCUT2D eigenvalue weighted by molar-refractivity contribution is 6.07. The Balaban J connectivity index is 1.67. The molecule has 2 heterocycles. The van der Waals surface area contributed by atoms with Gasteiger partial charge >= 0.3 is 5.97 Å². The van der Waals surface area contributed by atoms with E-state index in [0.29, 0.717) is 17.2 Å². The van der Waals surface area contributed by atoms with E-state index in [4.69, 9.17) is 4.52 Å². The number of para-hydroxylation sites is 1. The molecular weight excluding hydrogens is 284 g/mol. The number of benzene rings is 1. The van der Waals surface area contributed by atoms with E-state index < -0.39 is 11.9 Å². The average molecular weight is 298 g/mol. The zero-order chi connectivity index (χ0) is 15.3. The van der Waals surface area contributed by atoms with Gasteiger partial charge in [0.15, 0.2) is 0 Å². The van der Waals surface area contributed by atoms with Crippen molar-refractivity contribution < 1.29 is 19.2 Å². The first-order valence-electron chi connectivity index (χ1n) is 7.25. The SMILES string of the molecule is O=C(O)C1CN(C(=O)c2cc(C3CC3)no2)c2ccccc21. The Kier molecular flexibility index (Phi) is 2.79. The molecule has 22 heavy (non-hydrogen) atoms. The Morgan fingerprint density at radius 1 is 1.27 bits per heavy atom. The molecule has 0 bridgehead atoms. The summed E-state index contributed by atoms with van der Waals surface area (Å²) in [4.78, 5) is 25.5. The highest BCUT2D eigenvalue weighted by atomic mass is 16.5. The molecule has 1 fully saturated rings. The maximum atomic E-state index is 12.6. The Labute approximate surface area is 126 Å². The number of anilines is 1. The molecule has 6 heteroatoms. The van der Waals surface area contributed by atoms with Gasteiger partial charge < -0.3 is 14.5 Å². The highest BCUT2D eigenvalue weighted by Crippen LogP contribution is 2.40. The molecule has 1 aromatic carbocycles. The first kappa shape index (κ1) is 13.1. The predicted molar refractivity (Wildman–Crippen MR) is 77.0 cm³/mol. The largest absolute Gasteiger partial charge is 0.481 e. The van der Waals surface area contributed by atoms with Gasteiger partial charge in [0, 0.05) is 24.2 Å². The van der Waals surface area contributed by atoms with E-state index in [2.05, 4.69) is 5.16 Å². The van der Waals surface area contributed by atoms with Crippen LogP contribution in [0.3, 0.4) is 0 Å². The molecule has 1 aromatic heterocycles. The van der Waals surface area contributed by atoms with Crippen molar-refractivity contribution in [1.29, 1.82) is 0 Å². The molecule has 112 valence electrons. The zero-order valence-corrected chi connectivity index (χ0v) is 11.7. The van der Waals surface area contributed by atoms with Crippen LogP contribution in [0.15, 0.2) is 34.9 Å². The lowest BCUT2D eigenvalue weighted by molar-refractivity contribution is -0.138. The first-order chi connectivity index (χ1) is 10.6. The predicted octanol–water partition coefficient (Wildman–Crippen LogP) is 2.38. The van der Waals surface area contributed by atoms with Gasteiger partial charge in [0.2, 0.25) is 5.76 Å². The Bertz CT molecular complexity index is 763. The molecule has 0 saturated heterocycles. The van der Waals surface area contributed by atoms with Gasteiger partial charge in [-0.2, -0.15) is 0 Å². The minimum Gasteiger partial charge on any atom is -0.481 e. The summed E-state index contributed by atoms with van der Waals surface area (Å²) in [5.41, 5.74) is 2.10. The van der Waals surface area contributed by atoms with Crippen molar-refractivity contribution in [3.63, 3.8) is 0 Å². The van der Waals surface area contributed by atoms with E-state index in [1.54, 1.807) is 30.3 Å². The fraction of sp³-hybridized carbons (Fsp3) is 0.312. The molecule has 0 radical (unpaired) electrons. The molecule has 1 atom stereocenters. The van der Waals surface area contributed by atoms with Gasteiger partial charge in [0.25, 0.3) is 5.91 Å². The lowest BCUT2D eigenvalue weighted by atomic mass is 10.0. The quantitative estimate of drug-likeness (QED) is 0.940. The summed E-state index contributed by atoms with van der Waals surface area (Å²) < 4.78 is 5.16. The minimum absolute atomic E-state index is 0.118. The Hall–Kier alpha value is -2.63. The van der Waals surface area contributed by atoms with Gasteiger partial charge in [0.1, 0.15) is 5.92 Å². The topological polar surface area (TPSA) is 83.6 Å². The van der Waals surface area contributed by atoms with Crippen LogP contribution in [-0.4, -0.2) is 28.7 Å². The monoisotopic (exact) mass is 298 g/mol. The van der Waals surface area contributed by atoms with Crippen LogP contribution < -0.4 is 4.90 Å². The van der Waals surface area contributed by atoms with Gasteiger partial charge in [-0.15, -0.1) is 0 Å². The molecule has 4 rings (SSSR count). The molecule has 1 amide bonds. The first-order valence-corrected chi connectivity index (χ1v) is 7.25. The van der Waals surface area contributed by atoms with Crippen molar-refractivity contribution in [3.05, 3.63) is 47.3 Å². The third-order valence-electron chi connectivity index (χ3n) is 4.25. The van der Waals surface area contributed by atoms with Crippen LogP contribution in [0, 0.1) is 0 Å². The van der Waals surface area contributed by atoms with Crippen molar-refractivity contribution in [2.45, 2.75) is 24.7 Å². The molecule has 1 aliphatic carbocycles. The molecule has 2 aromatic rings. The Morgan fingerprint density at radius 2 is 2.05 bits per heavy atom. The molecule has 1 unspecified atom stereocenters. The highest BCUT2D eigenvalue weighted by Gasteiger charge is 2.38. The minimum atomic E-state index is -0.931. The van der Waals surface area contributed by atoms with Crippen LogP contribution in [-0.2, 0) is 4.79 Å². The summed E-state index contributed by atoms with van der Waals surface area (Å²) in [7, 11) is 0. The second kappa shape index (κ2) is 4.69. The summed E-state index contributed by atoms with van der Waals surface area (Å²) in [6.07, 6.45) is 2.15. The van der Waals surface area contributed by atoms with Crippen molar-refractivity contribution in [2.75, 3.05) is 11.4 Å². The second-order valence-electron chi connectivity index (χ2n) is 5.76.